The third-order valence-corrected chi connectivity index (χ3v) is 6.56. The molecule has 0 aliphatic heterocycles. The number of hydrogen-bond acceptors (Lipinski definition) is 5. The summed E-state index contributed by atoms with van der Waals surface area (Å²) < 4.78 is 27.2. The maximum atomic E-state index is 12.9. The molecule has 2 N–H and O–H groups in total. The lowest BCUT2D eigenvalue weighted by atomic mass is 10.3. The van der Waals surface area contributed by atoms with Crippen molar-refractivity contribution in [2.75, 3.05) is 12.0 Å². The number of benzene rings is 1. The van der Waals surface area contributed by atoms with E-state index in [9.17, 15) is 8.42 Å². The molecule has 1 aromatic carbocycles. The van der Waals surface area contributed by atoms with Crippen molar-refractivity contribution in [1.82, 2.24) is 9.78 Å². The molecule has 0 saturated heterocycles. The molecular weight excluding hydrogens is 354 g/mol. The zero-order valence-corrected chi connectivity index (χ0v) is 15.5. The number of nitrogen functional groups attached to an aromatic ring is 1. The molecule has 0 unspecified atom stereocenters. The summed E-state index contributed by atoms with van der Waals surface area (Å²) in [5.74, 6) is 0.0716. The monoisotopic (exact) mass is 371 g/mol. The highest BCUT2D eigenvalue weighted by Crippen LogP contribution is 2.35. The normalized spacial score (nSPS) is 13.0. The molecule has 124 valence electrons. The highest BCUT2D eigenvalue weighted by Gasteiger charge is 2.29. The van der Waals surface area contributed by atoms with Gasteiger partial charge >= 0.3 is 0 Å². The van der Waals surface area contributed by atoms with Crippen LogP contribution in [0.1, 0.15) is 20.3 Å². The number of nitrogens with two attached hydrogens (primary N) is 1. The number of thioether (sulfide) groups is 1. The highest BCUT2D eigenvalue weighted by molar-refractivity contribution is 7.99. The van der Waals surface area contributed by atoms with Gasteiger partial charge in [-0.1, -0.05) is 36.7 Å². The van der Waals surface area contributed by atoms with Crippen LogP contribution < -0.4 is 5.73 Å². The van der Waals surface area contributed by atoms with Gasteiger partial charge in [0.2, 0.25) is 9.84 Å². The molecular formula is C15H18ClN3O2S2. The topological polar surface area (TPSA) is 78.0 Å². The van der Waals surface area contributed by atoms with Crippen molar-refractivity contribution < 1.29 is 8.42 Å². The van der Waals surface area contributed by atoms with Gasteiger partial charge in [-0.2, -0.15) is 5.10 Å². The van der Waals surface area contributed by atoms with Gasteiger partial charge < -0.3 is 5.73 Å². The van der Waals surface area contributed by atoms with Gasteiger partial charge in [-0.05, 0) is 31.7 Å². The fraction of sp³-hybridized carbons (Fsp3) is 0.267. The maximum absolute atomic E-state index is 12.9. The predicted molar refractivity (Wildman–Crippen MR) is 95.3 cm³/mol. The Bertz CT molecular complexity index is 843. The lowest BCUT2D eigenvalue weighted by molar-refractivity contribution is 0.594. The van der Waals surface area contributed by atoms with Crippen LogP contribution in [0.15, 0.2) is 50.2 Å². The van der Waals surface area contributed by atoms with Gasteiger partial charge in [-0.15, -0.1) is 11.8 Å². The molecule has 1 aromatic heterocycles. The molecule has 1 heterocycles. The Morgan fingerprint density at radius 2 is 1.96 bits per heavy atom. The smallest absolute Gasteiger partial charge is 0.212 e. The lowest BCUT2D eigenvalue weighted by Crippen LogP contribution is -2.08. The van der Waals surface area contributed by atoms with E-state index < -0.39 is 9.84 Å². The van der Waals surface area contributed by atoms with Gasteiger partial charge in [-0.25, -0.2) is 13.1 Å². The fourth-order valence-electron chi connectivity index (χ4n) is 2.13. The van der Waals surface area contributed by atoms with Crippen LogP contribution >= 0.6 is 23.4 Å². The molecule has 5 nitrogen and oxygen atoms in total. The number of rotatable bonds is 5. The average molecular weight is 372 g/mol. The van der Waals surface area contributed by atoms with E-state index in [1.54, 1.807) is 31.4 Å². The molecule has 0 aliphatic carbocycles. The second kappa shape index (κ2) is 6.98. The van der Waals surface area contributed by atoms with E-state index >= 15 is 0 Å². The number of aromatic nitrogens is 2. The largest absolute Gasteiger partial charge is 0.382 e. The number of sulfone groups is 1. The van der Waals surface area contributed by atoms with E-state index in [-0.39, 0.29) is 15.6 Å². The first-order valence-corrected chi connectivity index (χ1v) is 10.0. The molecule has 0 fully saturated rings. The number of nitrogens with zero attached hydrogens (tertiary/aromatic N) is 2. The summed E-state index contributed by atoms with van der Waals surface area (Å²) in [7, 11) is -3.75. The van der Waals surface area contributed by atoms with Crippen molar-refractivity contribution in [1.29, 1.82) is 0 Å². The Morgan fingerprint density at radius 1 is 1.35 bits per heavy atom. The Morgan fingerprint density at radius 3 is 2.48 bits per heavy atom. The van der Waals surface area contributed by atoms with Gasteiger partial charge in [0.15, 0.2) is 0 Å². The van der Waals surface area contributed by atoms with Crippen LogP contribution in [0, 0.1) is 0 Å². The maximum Gasteiger partial charge on any atom is 0.212 e. The molecule has 2 rings (SSSR count). The van der Waals surface area contributed by atoms with Crippen LogP contribution in [-0.4, -0.2) is 24.5 Å². The number of hydrogen-bond donors (Lipinski definition) is 1. The first-order chi connectivity index (χ1) is 10.8. The number of allylic oxidation sites excluding steroid dienone is 2. The summed E-state index contributed by atoms with van der Waals surface area (Å²) in [6.45, 7) is 3.67. The highest BCUT2D eigenvalue weighted by atomic mass is 35.5. The summed E-state index contributed by atoms with van der Waals surface area (Å²) >= 11 is 7.40. The third-order valence-electron chi connectivity index (χ3n) is 3.38. The van der Waals surface area contributed by atoms with E-state index in [1.165, 1.54) is 28.6 Å². The molecule has 0 saturated carbocycles. The van der Waals surface area contributed by atoms with Gasteiger partial charge in [0.05, 0.1) is 10.6 Å². The van der Waals surface area contributed by atoms with Gasteiger partial charge in [0.25, 0.3) is 0 Å². The fourth-order valence-corrected chi connectivity index (χ4v) is 4.62. The molecule has 23 heavy (non-hydrogen) atoms. The van der Waals surface area contributed by atoms with Crippen LogP contribution in [0.25, 0.3) is 5.70 Å². The molecule has 2 aromatic rings. The summed E-state index contributed by atoms with van der Waals surface area (Å²) in [6.07, 6.45) is 2.37. The Kier molecular flexibility index (Phi) is 5.44. The van der Waals surface area contributed by atoms with Crippen molar-refractivity contribution >= 4 is 44.7 Å². The molecule has 0 bridgehead atoms. The van der Waals surface area contributed by atoms with E-state index in [2.05, 4.69) is 5.10 Å². The minimum Gasteiger partial charge on any atom is -0.382 e. The number of anilines is 1. The van der Waals surface area contributed by atoms with Crippen molar-refractivity contribution in [3.8, 4) is 0 Å². The lowest BCUT2D eigenvalue weighted by Gasteiger charge is -2.08. The second-order valence-corrected chi connectivity index (χ2v) is 7.93. The second-order valence-electron chi connectivity index (χ2n) is 4.80. The molecule has 0 amide bonds. The van der Waals surface area contributed by atoms with Crippen LogP contribution in [0.5, 0.6) is 0 Å². The first kappa shape index (κ1) is 17.9. The van der Waals surface area contributed by atoms with E-state index in [0.29, 0.717) is 22.2 Å². The van der Waals surface area contributed by atoms with Crippen LogP contribution in [-0.2, 0) is 9.84 Å². The van der Waals surface area contributed by atoms with E-state index in [4.69, 9.17) is 17.3 Å². The predicted octanol–water partition coefficient (Wildman–Crippen LogP) is 3.86. The SMILES string of the molecule is CC/C(Cl)=C(/C)n1nc(SC)c(S(=O)(=O)c2ccccc2)c1N. The molecule has 8 heteroatoms. The Labute approximate surface area is 145 Å². The van der Waals surface area contributed by atoms with Gasteiger partial charge in [0, 0.05) is 5.03 Å². The van der Waals surface area contributed by atoms with Crippen molar-refractivity contribution in [3.63, 3.8) is 0 Å². The number of halogens is 1. The molecule has 0 radical (unpaired) electrons. The van der Waals surface area contributed by atoms with Crippen LogP contribution in [0.2, 0.25) is 0 Å². The van der Waals surface area contributed by atoms with Gasteiger partial charge in [-0.3, -0.25) is 0 Å². The standard InChI is InChI=1S/C15H18ClN3O2S2/c1-4-12(16)10(2)19-14(17)13(15(18-19)22-3)23(20,21)11-8-6-5-7-9-11/h5-9H,4,17H2,1-3H3/b12-10+. The summed E-state index contributed by atoms with van der Waals surface area (Å²) in [5, 5.41) is 5.25. The zero-order valence-electron chi connectivity index (χ0n) is 13.1. The van der Waals surface area contributed by atoms with Crippen molar-refractivity contribution in [2.24, 2.45) is 0 Å². The zero-order chi connectivity index (χ0) is 17.2. The molecule has 0 aliphatic rings. The molecule has 0 atom stereocenters. The minimum absolute atomic E-state index is 0.0242. The third kappa shape index (κ3) is 3.27. The van der Waals surface area contributed by atoms with E-state index in [0.717, 1.165) is 0 Å². The average Bonchev–Trinajstić information content (AvgIpc) is 2.91. The summed E-state index contributed by atoms with van der Waals surface area (Å²) in [5.41, 5.74) is 6.73. The summed E-state index contributed by atoms with van der Waals surface area (Å²) in [6, 6.07) is 8.18. The van der Waals surface area contributed by atoms with Crippen LogP contribution in [0.4, 0.5) is 5.82 Å². The minimum atomic E-state index is -3.75. The van der Waals surface area contributed by atoms with Gasteiger partial charge in [0.1, 0.15) is 15.7 Å². The summed E-state index contributed by atoms with van der Waals surface area (Å²) in [4.78, 5) is 0.209. The quantitative estimate of drug-likeness (QED) is 0.807. The van der Waals surface area contributed by atoms with E-state index in [1.807, 2.05) is 6.92 Å². The Hall–Kier alpha value is -1.44. The Balaban J connectivity index is 2.72. The molecule has 0 spiro atoms. The van der Waals surface area contributed by atoms with Crippen molar-refractivity contribution in [3.05, 3.63) is 35.4 Å². The van der Waals surface area contributed by atoms with Crippen molar-refractivity contribution in [2.45, 2.75) is 35.1 Å². The first-order valence-electron chi connectivity index (χ1n) is 6.92. The van der Waals surface area contributed by atoms with Crippen LogP contribution in [0.3, 0.4) is 0 Å².